The number of hydrogen-bond acceptors (Lipinski definition) is 8. The molecule has 0 bridgehead atoms. The molecule has 0 aromatic heterocycles. The van der Waals surface area contributed by atoms with Crippen LogP contribution in [0.4, 0.5) is 4.79 Å². The Hall–Kier alpha value is -2.97. The van der Waals surface area contributed by atoms with Gasteiger partial charge in [0.05, 0.1) is 32.5 Å². The first-order chi connectivity index (χ1) is 15.8. The second kappa shape index (κ2) is 11.0. The van der Waals surface area contributed by atoms with Crippen LogP contribution in [-0.4, -0.2) is 61.5 Å². The first kappa shape index (κ1) is 27.3. The van der Waals surface area contributed by atoms with Crippen molar-refractivity contribution in [2.24, 2.45) is 5.92 Å². The number of esters is 2. The highest BCUT2D eigenvalue weighted by molar-refractivity contribution is 5.97. The van der Waals surface area contributed by atoms with Crippen molar-refractivity contribution in [3.63, 3.8) is 0 Å². The molecule has 190 valence electrons. The number of ether oxygens (including phenoxy) is 5. The van der Waals surface area contributed by atoms with Crippen molar-refractivity contribution < 1.29 is 38.1 Å². The van der Waals surface area contributed by atoms with Crippen LogP contribution < -0.4 is 9.47 Å². The summed E-state index contributed by atoms with van der Waals surface area (Å²) in [7, 11) is 3.02. The summed E-state index contributed by atoms with van der Waals surface area (Å²) >= 11 is 0. The SMILES string of the molecule is COc1cc2c(cc1OC)[C@H](C(C(=O)OC(C)C)C(=O)OC(C)C)N(C(=O)OC(C)(C)C)CC2. The molecule has 9 nitrogen and oxygen atoms in total. The summed E-state index contributed by atoms with van der Waals surface area (Å²) in [4.78, 5) is 41.2. The fourth-order valence-corrected chi connectivity index (χ4v) is 3.83. The Bertz CT molecular complexity index is 881. The van der Waals surface area contributed by atoms with Crippen LogP contribution in [0.2, 0.25) is 0 Å². The first-order valence-electron chi connectivity index (χ1n) is 11.4. The van der Waals surface area contributed by atoms with Gasteiger partial charge >= 0.3 is 18.0 Å². The third kappa shape index (κ3) is 6.55. The molecule has 0 saturated carbocycles. The molecule has 0 aliphatic carbocycles. The fourth-order valence-electron chi connectivity index (χ4n) is 3.83. The Labute approximate surface area is 201 Å². The molecule has 0 N–H and O–H groups in total. The van der Waals surface area contributed by atoms with Crippen LogP contribution in [0.5, 0.6) is 11.5 Å². The summed E-state index contributed by atoms with van der Waals surface area (Å²) in [6, 6.07) is 2.47. The Morgan fingerprint density at radius 1 is 0.912 bits per heavy atom. The Kier molecular flexibility index (Phi) is 8.80. The molecule has 2 rings (SSSR count). The molecular weight excluding hydrogens is 442 g/mol. The topological polar surface area (TPSA) is 101 Å². The summed E-state index contributed by atoms with van der Waals surface area (Å²) < 4.78 is 27.4. The van der Waals surface area contributed by atoms with Crippen LogP contribution >= 0.6 is 0 Å². The molecule has 1 aromatic carbocycles. The average molecular weight is 480 g/mol. The molecule has 0 unspecified atom stereocenters. The zero-order valence-corrected chi connectivity index (χ0v) is 21.6. The Morgan fingerprint density at radius 2 is 1.41 bits per heavy atom. The molecule has 1 aliphatic heterocycles. The third-order valence-corrected chi connectivity index (χ3v) is 5.08. The molecule has 0 spiro atoms. The maximum Gasteiger partial charge on any atom is 0.410 e. The minimum Gasteiger partial charge on any atom is -0.493 e. The molecule has 1 aliphatic rings. The van der Waals surface area contributed by atoms with E-state index in [-0.39, 0.29) is 6.54 Å². The number of methoxy groups -OCH3 is 2. The molecule has 0 saturated heterocycles. The van der Waals surface area contributed by atoms with E-state index in [1.54, 1.807) is 60.6 Å². The van der Waals surface area contributed by atoms with Gasteiger partial charge in [-0.15, -0.1) is 0 Å². The zero-order valence-electron chi connectivity index (χ0n) is 21.6. The predicted octanol–water partition coefficient (Wildman–Crippen LogP) is 4.06. The molecule has 9 heteroatoms. The average Bonchev–Trinajstić information content (AvgIpc) is 2.70. The summed E-state index contributed by atoms with van der Waals surface area (Å²) in [6.45, 7) is 12.3. The Balaban J connectivity index is 2.71. The maximum atomic E-state index is 13.3. The van der Waals surface area contributed by atoms with Crippen molar-refractivity contribution in [1.82, 2.24) is 4.90 Å². The van der Waals surface area contributed by atoms with Gasteiger partial charge in [-0.25, -0.2) is 4.79 Å². The fraction of sp³-hybridized carbons (Fsp3) is 0.640. The summed E-state index contributed by atoms with van der Waals surface area (Å²) in [5.41, 5.74) is 0.620. The van der Waals surface area contributed by atoms with E-state index >= 15 is 0 Å². The van der Waals surface area contributed by atoms with Crippen molar-refractivity contribution >= 4 is 18.0 Å². The van der Waals surface area contributed by atoms with Crippen LogP contribution in [0, 0.1) is 5.92 Å². The number of rotatable bonds is 7. The van der Waals surface area contributed by atoms with Crippen molar-refractivity contribution in [3.8, 4) is 11.5 Å². The van der Waals surface area contributed by atoms with E-state index in [0.29, 0.717) is 23.5 Å². The monoisotopic (exact) mass is 479 g/mol. The van der Waals surface area contributed by atoms with E-state index in [1.165, 1.54) is 19.1 Å². The van der Waals surface area contributed by atoms with Crippen molar-refractivity contribution in [3.05, 3.63) is 23.3 Å². The highest BCUT2D eigenvalue weighted by Crippen LogP contribution is 2.42. The normalized spacial score (nSPS) is 15.8. The quantitative estimate of drug-likeness (QED) is 0.328. The van der Waals surface area contributed by atoms with Gasteiger partial charge in [0.15, 0.2) is 17.4 Å². The van der Waals surface area contributed by atoms with Crippen molar-refractivity contribution in [1.29, 1.82) is 0 Å². The molecule has 0 radical (unpaired) electrons. The number of carbonyl (C=O) groups is 3. The lowest BCUT2D eigenvalue weighted by molar-refractivity contribution is -0.170. The third-order valence-electron chi connectivity index (χ3n) is 5.08. The number of fused-ring (bicyclic) bond motifs is 1. The lowest BCUT2D eigenvalue weighted by Gasteiger charge is -2.40. The van der Waals surface area contributed by atoms with Gasteiger partial charge in [-0.2, -0.15) is 0 Å². The van der Waals surface area contributed by atoms with Gasteiger partial charge in [0, 0.05) is 6.54 Å². The molecule has 34 heavy (non-hydrogen) atoms. The molecule has 1 aromatic rings. The highest BCUT2D eigenvalue weighted by Gasteiger charge is 2.47. The van der Waals surface area contributed by atoms with Gasteiger partial charge in [0.2, 0.25) is 0 Å². The highest BCUT2D eigenvalue weighted by atomic mass is 16.6. The van der Waals surface area contributed by atoms with E-state index in [1.807, 2.05) is 0 Å². The molecule has 1 amide bonds. The van der Waals surface area contributed by atoms with Gasteiger partial charge < -0.3 is 23.7 Å². The van der Waals surface area contributed by atoms with Gasteiger partial charge in [0.25, 0.3) is 0 Å². The summed E-state index contributed by atoms with van der Waals surface area (Å²) in [5.74, 6) is -2.06. The second-order valence-corrected chi connectivity index (χ2v) is 9.72. The number of carbonyl (C=O) groups excluding carboxylic acids is 3. The first-order valence-corrected chi connectivity index (χ1v) is 11.4. The second-order valence-electron chi connectivity index (χ2n) is 9.72. The van der Waals surface area contributed by atoms with E-state index < -0.39 is 47.8 Å². The van der Waals surface area contributed by atoms with Gasteiger partial charge in [0.1, 0.15) is 5.60 Å². The predicted molar refractivity (Wildman–Crippen MR) is 125 cm³/mol. The van der Waals surface area contributed by atoms with E-state index in [4.69, 9.17) is 23.7 Å². The molecule has 0 fully saturated rings. The van der Waals surface area contributed by atoms with Gasteiger partial charge in [-0.3, -0.25) is 14.5 Å². The minimum absolute atomic E-state index is 0.225. The van der Waals surface area contributed by atoms with Gasteiger partial charge in [-0.05, 0) is 78.1 Å². The van der Waals surface area contributed by atoms with Crippen LogP contribution in [0.15, 0.2) is 12.1 Å². The smallest absolute Gasteiger partial charge is 0.410 e. The molecule has 1 atom stereocenters. The summed E-state index contributed by atoms with van der Waals surface area (Å²) in [6.07, 6.45) is -1.11. The number of benzene rings is 1. The maximum absolute atomic E-state index is 13.3. The van der Waals surface area contributed by atoms with Crippen molar-refractivity contribution in [2.45, 2.75) is 78.7 Å². The number of hydrogen-bond donors (Lipinski definition) is 0. The van der Waals surface area contributed by atoms with Crippen molar-refractivity contribution in [2.75, 3.05) is 20.8 Å². The minimum atomic E-state index is -1.42. The summed E-state index contributed by atoms with van der Waals surface area (Å²) in [5, 5.41) is 0. The van der Waals surface area contributed by atoms with Crippen LogP contribution in [0.3, 0.4) is 0 Å². The number of nitrogens with zero attached hydrogens (tertiary/aromatic N) is 1. The Morgan fingerprint density at radius 3 is 1.85 bits per heavy atom. The lowest BCUT2D eigenvalue weighted by Crippen LogP contribution is -2.50. The van der Waals surface area contributed by atoms with E-state index in [9.17, 15) is 14.4 Å². The van der Waals surface area contributed by atoms with Crippen LogP contribution in [0.25, 0.3) is 0 Å². The lowest BCUT2D eigenvalue weighted by atomic mass is 9.84. The van der Waals surface area contributed by atoms with Crippen LogP contribution in [-0.2, 0) is 30.2 Å². The van der Waals surface area contributed by atoms with E-state index in [0.717, 1.165) is 5.56 Å². The zero-order chi connectivity index (χ0) is 25.8. The largest absolute Gasteiger partial charge is 0.493 e. The van der Waals surface area contributed by atoms with E-state index in [2.05, 4.69) is 0 Å². The molecule has 1 heterocycles. The standard InChI is InChI=1S/C25H37NO8/c1-14(2)32-22(27)20(23(28)33-15(3)4)21-17-13-19(31-9)18(30-8)12-16(17)10-11-26(21)24(29)34-25(5,6)7/h12-15,20-21H,10-11H2,1-9H3/t21-/m1/s1. The van der Waals surface area contributed by atoms with Crippen LogP contribution in [0.1, 0.15) is 65.6 Å². The molecular formula is C25H37NO8. The number of amides is 1. The van der Waals surface area contributed by atoms with Gasteiger partial charge in [-0.1, -0.05) is 0 Å².